The van der Waals surface area contributed by atoms with Gasteiger partial charge in [-0.2, -0.15) is 0 Å². The SMILES string of the molecule is OC(CCc1cccs1)CSc1ccc(Cl)cc1. The first-order valence-corrected chi connectivity index (χ1v) is 8.07. The number of hydrogen-bond acceptors (Lipinski definition) is 3. The van der Waals surface area contributed by atoms with Crippen molar-refractivity contribution in [2.24, 2.45) is 0 Å². The Morgan fingerprint density at radius 2 is 2.00 bits per heavy atom. The zero-order valence-corrected chi connectivity index (χ0v) is 12.3. The van der Waals surface area contributed by atoms with Crippen LogP contribution in [0, 0.1) is 0 Å². The molecular weight excluding hydrogens is 284 g/mol. The van der Waals surface area contributed by atoms with Gasteiger partial charge in [0.15, 0.2) is 0 Å². The van der Waals surface area contributed by atoms with Crippen LogP contribution in [0.4, 0.5) is 0 Å². The number of aryl methyl sites for hydroxylation is 1. The highest BCUT2D eigenvalue weighted by molar-refractivity contribution is 7.99. The van der Waals surface area contributed by atoms with Crippen LogP contribution in [-0.4, -0.2) is 17.0 Å². The summed E-state index contributed by atoms with van der Waals surface area (Å²) in [5.41, 5.74) is 0. The molecule has 4 heteroatoms. The van der Waals surface area contributed by atoms with Gasteiger partial charge in [0, 0.05) is 20.5 Å². The van der Waals surface area contributed by atoms with E-state index < -0.39 is 0 Å². The second kappa shape index (κ2) is 7.19. The van der Waals surface area contributed by atoms with Crippen molar-refractivity contribution in [3.05, 3.63) is 51.7 Å². The molecule has 0 aliphatic carbocycles. The van der Waals surface area contributed by atoms with E-state index in [2.05, 4.69) is 17.5 Å². The van der Waals surface area contributed by atoms with Crippen LogP contribution in [0.1, 0.15) is 11.3 Å². The van der Waals surface area contributed by atoms with E-state index in [9.17, 15) is 5.11 Å². The minimum absolute atomic E-state index is 0.257. The van der Waals surface area contributed by atoms with Crippen molar-refractivity contribution in [1.29, 1.82) is 0 Å². The van der Waals surface area contributed by atoms with Crippen molar-refractivity contribution < 1.29 is 5.11 Å². The van der Waals surface area contributed by atoms with Gasteiger partial charge in [-0.25, -0.2) is 0 Å². The first kappa shape index (κ1) is 13.9. The van der Waals surface area contributed by atoms with Crippen LogP contribution in [-0.2, 0) is 6.42 Å². The highest BCUT2D eigenvalue weighted by Crippen LogP contribution is 2.22. The van der Waals surface area contributed by atoms with Crippen LogP contribution in [0.15, 0.2) is 46.7 Å². The number of hydrogen-bond donors (Lipinski definition) is 1. The van der Waals surface area contributed by atoms with Gasteiger partial charge in [-0.1, -0.05) is 17.7 Å². The molecule has 1 aromatic carbocycles. The van der Waals surface area contributed by atoms with Crippen molar-refractivity contribution >= 4 is 34.7 Å². The lowest BCUT2D eigenvalue weighted by Crippen LogP contribution is -2.10. The molecule has 96 valence electrons. The molecule has 1 N–H and O–H groups in total. The molecule has 0 amide bonds. The van der Waals surface area contributed by atoms with Gasteiger partial charge in [0.1, 0.15) is 0 Å². The molecule has 0 aliphatic heterocycles. The molecule has 18 heavy (non-hydrogen) atoms. The summed E-state index contributed by atoms with van der Waals surface area (Å²) in [6, 6.07) is 11.9. The van der Waals surface area contributed by atoms with E-state index in [0.29, 0.717) is 0 Å². The topological polar surface area (TPSA) is 20.2 Å². The fraction of sp³-hybridized carbons (Fsp3) is 0.286. The number of thioether (sulfide) groups is 1. The van der Waals surface area contributed by atoms with Crippen LogP contribution >= 0.6 is 34.7 Å². The Morgan fingerprint density at radius 1 is 1.22 bits per heavy atom. The van der Waals surface area contributed by atoms with Crippen molar-refractivity contribution in [2.45, 2.75) is 23.8 Å². The van der Waals surface area contributed by atoms with Crippen LogP contribution < -0.4 is 0 Å². The molecular formula is C14H15ClOS2. The zero-order valence-electron chi connectivity index (χ0n) is 9.88. The number of aliphatic hydroxyl groups is 1. The molecule has 0 fully saturated rings. The molecule has 1 nitrogen and oxygen atoms in total. The largest absolute Gasteiger partial charge is 0.392 e. The summed E-state index contributed by atoms with van der Waals surface area (Å²) in [5, 5.41) is 12.7. The smallest absolute Gasteiger partial charge is 0.0637 e. The normalized spacial score (nSPS) is 12.6. The minimum Gasteiger partial charge on any atom is -0.392 e. The molecule has 2 rings (SSSR count). The monoisotopic (exact) mass is 298 g/mol. The molecule has 0 spiro atoms. The Hall–Kier alpha value is -0.480. The maximum atomic E-state index is 9.92. The van der Waals surface area contributed by atoms with E-state index in [1.54, 1.807) is 23.1 Å². The van der Waals surface area contributed by atoms with Gasteiger partial charge in [-0.05, 0) is 48.6 Å². The molecule has 2 aromatic rings. The van der Waals surface area contributed by atoms with Gasteiger partial charge in [-0.3, -0.25) is 0 Å². The predicted molar refractivity (Wildman–Crippen MR) is 80.8 cm³/mol. The molecule has 0 radical (unpaired) electrons. The molecule has 0 bridgehead atoms. The minimum atomic E-state index is -0.257. The Morgan fingerprint density at radius 3 is 2.67 bits per heavy atom. The number of thiophene rings is 1. The van der Waals surface area contributed by atoms with Crippen LogP contribution in [0.5, 0.6) is 0 Å². The molecule has 0 saturated carbocycles. The standard InChI is InChI=1S/C14H15ClOS2/c15-11-3-6-14(7-4-11)18-10-12(16)5-8-13-2-1-9-17-13/h1-4,6-7,9,12,16H,5,8,10H2. The number of benzene rings is 1. The van der Waals surface area contributed by atoms with Crippen LogP contribution in [0.2, 0.25) is 5.02 Å². The van der Waals surface area contributed by atoms with E-state index >= 15 is 0 Å². The summed E-state index contributed by atoms with van der Waals surface area (Å²) in [5.74, 6) is 0.729. The number of aliphatic hydroxyl groups excluding tert-OH is 1. The van der Waals surface area contributed by atoms with Crippen molar-refractivity contribution in [3.8, 4) is 0 Å². The summed E-state index contributed by atoms with van der Waals surface area (Å²) >= 11 is 9.24. The zero-order chi connectivity index (χ0) is 12.8. The lowest BCUT2D eigenvalue weighted by atomic mass is 10.2. The predicted octanol–water partition coefficient (Wildman–Crippen LogP) is 4.49. The number of halogens is 1. The second-order valence-corrected chi connectivity index (χ2v) is 6.60. The molecule has 1 aromatic heterocycles. The van der Waals surface area contributed by atoms with E-state index in [4.69, 9.17) is 11.6 Å². The highest BCUT2D eigenvalue weighted by atomic mass is 35.5. The molecule has 1 heterocycles. The maximum Gasteiger partial charge on any atom is 0.0637 e. The van der Waals surface area contributed by atoms with Crippen LogP contribution in [0.3, 0.4) is 0 Å². The third-order valence-corrected chi connectivity index (χ3v) is 4.91. The molecule has 0 saturated heterocycles. The fourth-order valence-electron chi connectivity index (χ4n) is 1.57. The molecule has 1 unspecified atom stereocenters. The Bertz CT molecular complexity index is 453. The lowest BCUT2D eigenvalue weighted by Gasteiger charge is -2.09. The van der Waals surface area contributed by atoms with E-state index in [0.717, 1.165) is 28.5 Å². The summed E-state index contributed by atoms with van der Waals surface area (Å²) in [7, 11) is 0. The average molecular weight is 299 g/mol. The van der Waals surface area contributed by atoms with E-state index in [1.165, 1.54) is 4.88 Å². The Balaban J connectivity index is 1.71. The van der Waals surface area contributed by atoms with Gasteiger partial charge < -0.3 is 5.11 Å². The molecule has 1 atom stereocenters. The summed E-state index contributed by atoms with van der Waals surface area (Å²) in [6.45, 7) is 0. The average Bonchev–Trinajstić information content (AvgIpc) is 2.89. The highest BCUT2D eigenvalue weighted by Gasteiger charge is 2.06. The quantitative estimate of drug-likeness (QED) is 0.793. The van der Waals surface area contributed by atoms with Gasteiger partial charge in [0.2, 0.25) is 0 Å². The lowest BCUT2D eigenvalue weighted by molar-refractivity contribution is 0.190. The van der Waals surface area contributed by atoms with Gasteiger partial charge in [0.05, 0.1) is 6.10 Å². The summed E-state index contributed by atoms with van der Waals surface area (Å²) < 4.78 is 0. The Kier molecular flexibility index (Phi) is 5.57. The fourth-order valence-corrected chi connectivity index (χ4v) is 3.30. The first-order chi connectivity index (χ1) is 8.74. The van der Waals surface area contributed by atoms with Gasteiger partial charge >= 0.3 is 0 Å². The molecule has 0 aliphatic rings. The summed E-state index contributed by atoms with van der Waals surface area (Å²) in [6.07, 6.45) is 1.52. The number of rotatable bonds is 6. The second-order valence-electron chi connectivity index (χ2n) is 4.04. The van der Waals surface area contributed by atoms with Crippen molar-refractivity contribution in [3.63, 3.8) is 0 Å². The third-order valence-electron chi connectivity index (χ3n) is 2.56. The van der Waals surface area contributed by atoms with Gasteiger partial charge in [0.25, 0.3) is 0 Å². The van der Waals surface area contributed by atoms with Gasteiger partial charge in [-0.15, -0.1) is 23.1 Å². The van der Waals surface area contributed by atoms with Crippen LogP contribution in [0.25, 0.3) is 0 Å². The van der Waals surface area contributed by atoms with Crippen molar-refractivity contribution in [1.82, 2.24) is 0 Å². The Labute approximate surface area is 121 Å². The third kappa shape index (κ3) is 4.65. The maximum absolute atomic E-state index is 9.92. The summed E-state index contributed by atoms with van der Waals surface area (Å²) in [4.78, 5) is 2.49. The van der Waals surface area contributed by atoms with E-state index in [1.807, 2.05) is 24.3 Å². The first-order valence-electron chi connectivity index (χ1n) is 5.83. The van der Waals surface area contributed by atoms with Crippen molar-refractivity contribution in [2.75, 3.05) is 5.75 Å². The van der Waals surface area contributed by atoms with E-state index in [-0.39, 0.29) is 6.10 Å².